The first-order valence-corrected chi connectivity index (χ1v) is 7.55. The van der Waals surface area contributed by atoms with Crippen LogP contribution >= 0.6 is 0 Å². The predicted octanol–water partition coefficient (Wildman–Crippen LogP) is 2.12. The Labute approximate surface area is 135 Å². The summed E-state index contributed by atoms with van der Waals surface area (Å²) in [5.41, 5.74) is 1.54. The van der Waals surface area contributed by atoms with E-state index in [0.29, 0.717) is 11.4 Å². The van der Waals surface area contributed by atoms with Crippen LogP contribution in [0.25, 0.3) is 0 Å². The lowest BCUT2D eigenvalue weighted by Crippen LogP contribution is -2.47. The molecule has 2 amide bonds. The minimum Gasteiger partial charge on any atom is -0.340 e. The van der Waals surface area contributed by atoms with E-state index in [2.05, 4.69) is 15.7 Å². The molecule has 1 aromatic carbocycles. The van der Waals surface area contributed by atoms with Crippen LogP contribution in [0.5, 0.6) is 0 Å². The highest BCUT2D eigenvalue weighted by molar-refractivity contribution is 6.01. The molecule has 0 fully saturated rings. The highest BCUT2D eigenvalue weighted by Gasteiger charge is 2.25. The molecule has 1 aromatic heterocycles. The van der Waals surface area contributed by atoms with Gasteiger partial charge in [-0.1, -0.05) is 31.5 Å². The van der Waals surface area contributed by atoms with Crippen molar-refractivity contribution in [3.8, 4) is 0 Å². The minimum atomic E-state index is -0.634. The van der Waals surface area contributed by atoms with Crippen LogP contribution in [0.3, 0.4) is 0 Å². The molecule has 23 heavy (non-hydrogen) atoms. The van der Waals surface area contributed by atoms with E-state index in [1.54, 1.807) is 36.1 Å². The summed E-state index contributed by atoms with van der Waals surface area (Å²) in [7, 11) is 1.77. The van der Waals surface area contributed by atoms with Crippen molar-refractivity contribution in [2.45, 2.75) is 26.8 Å². The van der Waals surface area contributed by atoms with E-state index in [4.69, 9.17) is 0 Å². The Morgan fingerprint density at radius 2 is 1.96 bits per heavy atom. The van der Waals surface area contributed by atoms with Gasteiger partial charge in [-0.05, 0) is 25.0 Å². The average molecular weight is 314 g/mol. The molecule has 1 unspecified atom stereocenters. The van der Waals surface area contributed by atoms with Crippen LogP contribution in [0.15, 0.2) is 36.5 Å². The van der Waals surface area contributed by atoms with Crippen molar-refractivity contribution in [3.63, 3.8) is 0 Å². The Kier molecular flexibility index (Phi) is 5.16. The van der Waals surface area contributed by atoms with Crippen molar-refractivity contribution in [2.24, 2.45) is 13.0 Å². The van der Waals surface area contributed by atoms with Crippen molar-refractivity contribution in [1.29, 1.82) is 0 Å². The number of nitrogens with zero attached hydrogens (tertiary/aromatic N) is 2. The maximum atomic E-state index is 12.4. The Balaban J connectivity index is 2.09. The van der Waals surface area contributed by atoms with Gasteiger partial charge >= 0.3 is 0 Å². The van der Waals surface area contributed by atoms with Crippen LogP contribution < -0.4 is 10.6 Å². The number of hydrogen-bond donors (Lipinski definition) is 2. The number of aromatic nitrogens is 2. The van der Waals surface area contributed by atoms with E-state index >= 15 is 0 Å². The van der Waals surface area contributed by atoms with Gasteiger partial charge in [0.25, 0.3) is 5.91 Å². The number of hydrogen-bond acceptors (Lipinski definition) is 3. The van der Waals surface area contributed by atoms with Gasteiger partial charge in [0.2, 0.25) is 5.91 Å². The fraction of sp³-hybridized carbons (Fsp3) is 0.353. The number of rotatable bonds is 5. The predicted molar refractivity (Wildman–Crippen MR) is 89.1 cm³/mol. The number of amides is 2. The third kappa shape index (κ3) is 4.42. The number of nitrogens with one attached hydrogen (secondary N) is 2. The average Bonchev–Trinajstić information content (AvgIpc) is 2.89. The first kappa shape index (κ1) is 16.7. The Hall–Kier alpha value is -2.63. The van der Waals surface area contributed by atoms with Crippen LogP contribution in [0.1, 0.15) is 29.8 Å². The van der Waals surface area contributed by atoms with E-state index < -0.39 is 6.04 Å². The molecule has 2 rings (SSSR count). The first-order chi connectivity index (χ1) is 10.9. The lowest BCUT2D eigenvalue weighted by Gasteiger charge is -2.21. The Morgan fingerprint density at radius 3 is 2.52 bits per heavy atom. The molecule has 0 radical (unpaired) electrons. The smallest absolute Gasteiger partial charge is 0.251 e. The fourth-order valence-corrected chi connectivity index (χ4v) is 2.23. The number of aryl methyl sites for hydroxylation is 2. The molecule has 0 bridgehead atoms. The fourth-order valence-electron chi connectivity index (χ4n) is 2.23. The molecule has 1 atom stereocenters. The summed E-state index contributed by atoms with van der Waals surface area (Å²) < 4.78 is 1.60. The van der Waals surface area contributed by atoms with Crippen LogP contribution in [-0.2, 0) is 11.8 Å². The minimum absolute atomic E-state index is 0.0486. The van der Waals surface area contributed by atoms with Gasteiger partial charge < -0.3 is 10.6 Å². The van der Waals surface area contributed by atoms with Gasteiger partial charge in [0, 0.05) is 24.9 Å². The first-order valence-electron chi connectivity index (χ1n) is 7.55. The van der Waals surface area contributed by atoms with Crippen LogP contribution in [0.2, 0.25) is 0 Å². The number of carbonyl (C=O) groups is 2. The zero-order valence-electron chi connectivity index (χ0n) is 13.8. The molecule has 1 heterocycles. The zero-order chi connectivity index (χ0) is 17.0. The zero-order valence-corrected chi connectivity index (χ0v) is 13.8. The van der Waals surface area contributed by atoms with Gasteiger partial charge in [0.05, 0.1) is 0 Å². The summed E-state index contributed by atoms with van der Waals surface area (Å²) in [4.78, 5) is 24.8. The summed E-state index contributed by atoms with van der Waals surface area (Å²) in [5.74, 6) is -0.122. The molecule has 6 nitrogen and oxygen atoms in total. The lowest BCUT2D eigenvalue weighted by molar-refractivity contribution is -0.118. The van der Waals surface area contributed by atoms with Crippen molar-refractivity contribution in [3.05, 3.63) is 47.7 Å². The second kappa shape index (κ2) is 7.09. The topological polar surface area (TPSA) is 76.0 Å². The van der Waals surface area contributed by atoms with Crippen LogP contribution in [0.4, 0.5) is 5.82 Å². The summed E-state index contributed by atoms with van der Waals surface area (Å²) in [6.45, 7) is 5.70. The van der Waals surface area contributed by atoms with Crippen molar-refractivity contribution < 1.29 is 9.59 Å². The second-order valence-electron chi connectivity index (χ2n) is 5.93. The van der Waals surface area contributed by atoms with Crippen LogP contribution in [0, 0.1) is 12.8 Å². The molecule has 0 saturated carbocycles. The van der Waals surface area contributed by atoms with Crippen LogP contribution in [-0.4, -0.2) is 27.6 Å². The maximum Gasteiger partial charge on any atom is 0.251 e. The molecule has 2 N–H and O–H groups in total. The molecule has 0 aliphatic heterocycles. The third-order valence-corrected chi connectivity index (χ3v) is 3.48. The molecule has 2 aromatic rings. The van der Waals surface area contributed by atoms with Gasteiger partial charge in [0.1, 0.15) is 6.04 Å². The number of anilines is 1. The number of carbonyl (C=O) groups excluding carboxylic acids is 2. The van der Waals surface area contributed by atoms with E-state index in [1.807, 2.05) is 32.9 Å². The van der Waals surface area contributed by atoms with Gasteiger partial charge in [-0.25, -0.2) is 0 Å². The SMILES string of the molecule is Cc1cccc(C(=O)NC(C(=O)Nc2ccn(C)n2)C(C)C)c1. The molecule has 0 aliphatic carbocycles. The molecule has 122 valence electrons. The Morgan fingerprint density at radius 1 is 1.22 bits per heavy atom. The second-order valence-corrected chi connectivity index (χ2v) is 5.93. The number of benzene rings is 1. The molecule has 0 aliphatic rings. The van der Waals surface area contributed by atoms with Crippen molar-refractivity contribution in [2.75, 3.05) is 5.32 Å². The summed E-state index contributed by atoms with van der Waals surface area (Å²) in [5, 5.41) is 9.64. The van der Waals surface area contributed by atoms with E-state index in [0.717, 1.165) is 5.56 Å². The molecule has 0 spiro atoms. The Bertz CT molecular complexity index is 706. The van der Waals surface area contributed by atoms with Gasteiger partial charge in [-0.15, -0.1) is 0 Å². The third-order valence-electron chi connectivity index (χ3n) is 3.48. The summed E-state index contributed by atoms with van der Waals surface area (Å²) in [6, 6.07) is 8.34. The standard InChI is InChI=1S/C17H22N4O2/c1-11(2)15(17(23)18-14-8-9-21(4)20-14)19-16(22)13-7-5-6-12(3)10-13/h5-11,15H,1-4H3,(H,19,22)(H,18,20,23). The largest absolute Gasteiger partial charge is 0.340 e. The normalized spacial score (nSPS) is 12.0. The summed E-state index contributed by atoms with van der Waals surface area (Å²) >= 11 is 0. The maximum absolute atomic E-state index is 12.4. The van der Waals surface area contributed by atoms with Crippen molar-refractivity contribution >= 4 is 17.6 Å². The van der Waals surface area contributed by atoms with Gasteiger partial charge in [0.15, 0.2) is 5.82 Å². The quantitative estimate of drug-likeness (QED) is 0.887. The van der Waals surface area contributed by atoms with E-state index in [-0.39, 0.29) is 17.7 Å². The van der Waals surface area contributed by atoms with Gasteiger partial charge in [-0.2, -0.15) is 5.10 Å². The molecule has 0 saturated heterocycles. The lowest BCUT2D eigenvalue weighted by atomic mass is 10.0. The van der Waals surface area contributed by atoms with Crippen molar-refractivity contribution in [1.82, 2.24) is 15.1 Å². The molecular formula is C17H22N4O2. The van der Waals surface area contributed by atoms with E-state index in [1.165, 1.54) is 0 Å². The monoisotopic (exact) mass is 314 g/mol. The summed E-state index contributed by atoms with van der Waals surface area (Å²) in [6.07, 6.45) is 1.74. The molecular weight excluding hydrogens is 292 g/mol. The molecule has 6 heteroatoms. The highest BCUT2D eigenvalue weighted by atomic mass is 16.2. The highest BCUT2D eigenvalue weighted by Crippen LogP contribution is 2.10. The van der Waals surface area contributed by atoms with Gasteiger partial charge in [-0.3, -0.25) is 14.3 Å². The van der Waals surface area contributed by atoms with E-state index in [9.17, 15) is 9.59 Å².